The molecule has 0 aliphatic heterocycles. The molecule has 0 spiro atoms. The minimum Gasteiger partial charge on any atom is -0.497 e. The molecule has 0 radical (unpaired) electrons. The van der Waals surface area contributed by atoms with Gasteiger partial charge < -0.3 is 14.8 Å². The zero-order chi connectivity index (χ0) is 12.3. The van der Waals surface area contributed by atoms with Gasteiger partial charge in [-0.3, -0.25) is 0 Å². The van der Waals surface area contributed by atoms with Gasteiger partial charge in [-0.05, 0) is 30.6 Å². The molecule has 0 amide bonds. The molecule has 0 saturated carbocycles. The summed E-state index contributed by atoms with van der Waals surface area (Å²) < 4.78 is 11.8. The third-order valence-corrected chi connectivity index (χ3v) is 3.90. The van der Waals surface area contributed by atoms with Gasteiger partial charge >= 0.3 is 0 Å². The van der Waals surface area contributed by atoms with E-state index in [1.165, 1.54) is 20.5 Å². The van der Waals surface area contributed by atoms with E-state index >= 15 is 0 Å². The molecule has 0 bridgehead atoms. The largest absolute Gasteiger partial charge is 0.497 e. The highest BCUT2D eigenvalue weighted by Gasteiger charge is 2.11. The molecule has 1 N–H and O–H groups in total. The standard InChI is InChI=1S/C13H17NO2S/c1-14-7-13-11(8-15-2)10-5-4-9(16-3)6-12(10)17-13/h4-6,14H,7-8H2,1-3H3. The molecule has 4 heteroatoms. The van der Waals surface area contributed by atoms with Crippen LogP contribution in [-0.4, -0.2) is 21.3 Å². The van der Waals surface area contributed by atoms with Crippen LogP contribution in [0.3, 0.4) is 0 Å². The molecule has 0 aliphatic rings. The number of rotatable bonds is 5. The van der Waals surface area contributed by atoms with Gasteiger partial charge in [0, 0.05) is 28.8 Å². The molecule has 0 aliphatic carbocycles. The number of hydrogen-bond donors (Lipinski definition) is 1. The molecular weight excluding hydrogens is 234 g/mol. The average molecular weight is 251 g/mol. The van der Waals surface area contributed by atoms with Gasteiger partial charge in [0.2, 0.25) is 0 Å². The van der Waals surface area contributed by atoms with E-state index in [2.05, 4.69) is 17.4 Å². The topological polar surface area (TPSA) is 30.5 Å². The van der Waals surface area contributed by atoms with Gasteiger partial charge in [0.15, 0.2) is 0 Å². The van der Waals surface area contributed by atoms with Gasteiger partial charge in [0.25, 0.3) is 0 Å². The molecule has 1 heterocycles. The van der Waals surface area contributed by atoms with Gasteiger partial charge in [-0.15, -0.1) is 11.3 Å². The van der Waals surface area contributed by atoms with E-state index in [9.17, 15) is 0 Å². The molecule has 92 valence electrons. The van der Waals surface area contributed by atoms with Crippen molar-refractivity contribution < 1.29 is 9.47 Å². The minimum atomic E-state index is 0.656. The van der Waals surface area contributed by atoms with Gasteiger partial charge in [0.1, 0.15) is 5.75 Å². The first kappa shape index (κ1) is 12.4. The van der Waals surface area contributed by atoms with E-state index < -0.39 is 0 Å². The Balaban J connectivity index is 2.52. The fourth-order valence-electron chi connectivity index (χ4n) is 1.91. The van der Waals surface area contributed by atoms with Crippen molar-refractivity contribution in [2.75, 3.05) is 21.3 Å². The molecule has 2 rings (SSSR count). The highest BCUT2D eigenvalue weighted by atomic mass is 32.1. The Morgan fingerprint density at radius 3 is 2.76 bits per heavy atom. The maximum absolute atomic E-state index is 5.29. The van der Waals surface area contributed by atoms with Crippen molar-refractivity contribution in [2.24, 2.45) is 0 Å². The van der Waals surface area contributed by atoms with Crippen LogP contribution in [0.4, 0.5) is 0 Å². The van der Waals surface area contributed by atoms with Gasteiger partial charge in [-0.2, -0.15) is 0 Å². The van der Waals surface area contributed by atoms with Crippen LogP contribution in [0.5, 0.6) is 5.75 Å². The van der Waals surface area contributed by atoms with Crippen LogP contribution >= 0.6 is 11.3 Å². The first-order valence-corrected chi connectivity index (χ1v) is 6.33. The lowest BCUT2D eigenvalue weighted by Gasteiger charge is -2.03. The zero-order valence-corrected chi connectivity index (χ0v) is 11.2. The Morgan fingerprint density at radius 1 is 1.29 bits per heavy atom. The lowest BCUT2D eigenvalue weighted by Crippen LogP contribution is -2.05. The highest BCUT2D eigenvalue weighted by molar-refractivity contribution is 7.19. The normalized spacial score (nSPS) is 11.0. The Labute approximate surface area is 105 Å². The third-order valence-electron chi connectivity index (χ3n) is 2.71. The van der Waals surface area contributed by atoms with Crippen LogP contribution in [0.15, 0.2) is 18.2 Å². The summed E-state index contributed by atoms with van der Waals surface area (Å²) >= 11 is 1.80. The Kier molecular flexibility index (Phi) is 3.99. The molecule has 2 aromatic rings. The number of benzene rings is 1. The molecule has 0 saturated heterocycles. The first-order chi connectivity index (χ1) is 8.30. The maximum Gasteiger partial charge on any atom is 0.120 e. The van der Waals surface area contributed by atoms with Crippen molar-refractivity contribution in [3.8, 4) is 5.75 Å². The van der Waals surface area contributed by atoms with Crippen LogP contribution in [0.25, 0.3) is 10.1 Å². The molecule has 17 heavy (non-hydrogen) atoms. The highest BCUT2D eigenvalue weighted by Crippen LogP contribution is 2.34. The predicted octanol–water partition coefficient (Wildman–Crippen LogP) is 2.78. The van der Waals surface area contributed by atoms with Gasteiger partial charge in [0.05, 0.1) is 13.7 Å². The second-order valence-corrected chi connectivity index (χ2v) is 4.97. The number of thiophene rings is 1. The second kappa shape index (κ2) is 5.49. The zero-order valence-electron chi connectivity index (χ0n) is 10.4. The Bertz CT molecular complexity index is 507. The van der Waals surface area contributed by atoms with Crippen LogP contribution in [-0.2, 0) is 17.9 Å². The van der Waals surface area contributed by atoms with E-state index in [4.69, 9.17) is 9.47 Å². The van der Waals surface area contributed by atoms with Crippen molar-refractivity contribution in [1.82, 2.24) is 5.32 Å². The van der Waals surface area contributed by atoms with Crippen molar-refractivity contribution in [3.05, 3.63) is 28.6 Å². The summed E-state index contributed by atoms with van der Waals surface area (Å²) in [6, 6.07) is 6.19. The maximum atomic E-state index is 5.29. The van der Waals surface area contributed by atoms with Crippen LogP contribution in [0.1, 0.15) is 10.4 Å². The van der Waals surface area contributed by atoms with E-state index in [0.29, 0.717) is 6.61 Å². The average Bonchev–Trinajstić information content (AvgIpc) is 2.68. The van der Waals surface area contributed by atoms with Crippen molar-refractivity contribution in [3.63, 3.8) is 0 Å². The third kappa shape index (κ3) is 2.44. The summed E-state index contributed by atoms with van der Waals surface area (Å²) in [6.45, 7) is 1.53. The molecule has 1 aromatic carbocycles. The molecule has 0 atom stereocenters. The van der Waals surface area contributed by atoms with E-state index in [0.717, 1.165) is 12.3 Å². The monoisotopic (exact) mass is 251 g/mol. The second-order valence-electron chi connectivity index (χ2n) is 3.83. The van der Waals surface area contributed by atoms with E-state index in [-0.39, 0.29) is 0 Å². The van der Waals surface area contributed by atoms with E-state index in [1.54, 1.807) is 25.6 Å². The van der Waals surface area contributed by atoms with Crippen LogP contribution in [0.2, 0.25) is 0 Å². The number of nitrogens with one attached hydrogen (secondary N) is 1. The van der Waals surface area contributed by atoms with Crippen LogP contribution < -0.4 is 10.1 Å². The SMILES string of the molecule is CNCc1sc2cc(OC)ccc2c1COC. The van der Waals surface area contributed by atoms with Gasteiger partial charge in [-0.25, -0.2) is 0 Å². The number of fused-ring (bicyclic) bond motifs is 1. The Morgan fingerprint density at radius 2 is 2.12 bits per heavy atom. The van der Waals surface area contributed by atoms with Crippen molar-refractivity contribution in [2.45, 2.75) is 13.2 Å². The summed E-state index contributed by atoms with van der Waals surface area (Å²) in [5.74, 6) is 0.902. The van der Waals surface area contributed by atoms with Crippen molar-refractivity contribution >= 4 is 21.4 Å². The van der Waals surface area contributed by atoms with Crippen LogP contribution in [0, 0.1) is 0 Å². The van der Waals surface area contributed by atoms with Gasteiger partial charge in [-0.1, -0.05) is 0 Å². The quantitative estimate of drug-likeness (QED) is 0.886. The molecule has 1 aromatic heterocycles. The summed E-state index contributed by atoms with van der Waals surface area (Å²) in [4.78, 5) is 1.33. The number of hydrogen-bond acceptors (Lipinski definition) is 4. The predicted molar refractivity (Wildman–Crippen MR) is 71.9 cm³/mol. The first-order valence-electron chi connectivity index (χ1n) is 5.52. The fraction of sp³-hybridized carbons (Fsp3) is 0.385. The molecule has 0 unspecified atom stereocenters. The lowest BCUT2D eigenvalue weighted by atomic mass is 10.1. The van der Waals surface area contributed by atoms with E-state index in [1.807, 2.05) is 13.1 Å². The smallest absolute Gasteiger partial charge is 0.120 e. The summed E-state index contributed by atoms with van der Waals surface area (Å²) in [5.41, 5.74) is 1.28. The minimum absolute atomic E-state index is 0.656. The number of methoxy groups -OCH3 is 2. The molecular formula is C13H17NO2S. The summed E-state index contributed by atoms with van der Waals surface area (Å²) in [6.07, 6.45) is 0. The molecule has 0 fully saturated rings. The Hall–Kier alpha value is -1.10. The summed E-state index contributed by atoms with van der Waals surface area (Å²) in [7, 11) is 5.39. The fourth-order valence-corrected chi connectivity index (χ4v) is 3.16. The molecule has 3 nitrogen and oxygen atoms in total. The summed E-state index contributed by atoms with van der Waals surface area (Å²) in [5, 5.41) is 4.46. The van der Waals surface area contributed by atoms with Crippen molar-refractivity contribution in [1.29, 1.82) is 0 Å². The lowest BCUT2D eigenvalue weighted by molar-refractivity contribution is 0.185. The number of ether oxygens (including phenoxy) is 2.